The lowest BCUT2D eigenvalue weighted by atomic mass is 9.97. The summed E-state index contributed by atoms with van der Waals surface area (Å²) in [6.07, 6.45) is 11.4. The molecular formula is C20H23N3. The summed E-state index contributed by atoms with van der Waals surface area (Å²) in [5.74, 6) is 0.475. The molecule has 3 nitrogen and oxygen atoms in total. The number of allylic oxidation sites excluding steroid dienone is 4. The van der Waals surface area contributed by atoms with Crippen molar-refractivity contribution in [1.82, 2.24) is 10.2 Å². The fourth-order valence-corrected chi connectivity index (χ4v) is 2.91. The third-order valence-electron chi connectivity index (χ3n) is 4.13. The van der Waals surface area contributed by atoms with Crippen molar-refractivity contribution >= 4 is 5.70 Å². The molecule has 23 heavy (non-hydrogen) atoms. The molecule has 1 unspecified atom stereocenters. The van der Waals surface area contributed by atoms with Gasteiger partial charge in [0.2, 0.25) is 0 Å². The van der Waals surface area contributed by atoms with Crippen LogP contribution in [0.5, 0.6) is 0 Å². The van der Waals surface area contributed by atoms with Gasteiger partial charge in [-0.15, -0.1) is 0 Å². The fourth-order valence-electron chi connectivity index (χ4n) is 2.91. The van der Waals surface area contributed by atoms with Gasteiger partial charge >= 0.3 is 0 Å². The molecule has 2 aliphatic rings. The third kappa shape index (κ3) is 3.24. The van der Waals surface area contributed by atoms with Gasteiger partial charge in [0.05, 0.1) is 5.70 Å². The lowest BCUT2D eigenvalue weighted by Gasteiger charge is -2.33. The van der Waals surface area contributed by atoms with Crippen molar-refractivity contribution in [2.75, 3.05) is 6.54 Å². The minimum absolute atomic E-state index is 0.475. The smallest absolute Gasteiger partial charge is 0.0645 e. The lowest BCUT2D eigenvalue weighted by molar-refractivity contribution is 0.585. The van der Waals surface area contributed by atoms with Gasteiger partial charge in [-0.05, 0) is 42.3 Å². The first-order chi connectivity index (χ1) is 11.2. The van der Waals surface area contributed by atoms with E-state index in [0.717, 1.165) is 41.3 Å². The minimum Gasteiger partial charge on any atom is -0.400 e. The number of hydrogen-bond acceptors (Lipinski definition) is 3. The molecule has 0 radical (unpaired) electrons. The van der Waals surface area contributed by atoms with Crippen molar-refractivity contribution < 1.29 is 0 Å². The van der Waals surface area contributed by atoms with Crippen molar-refractivity contribution in [2.45, 2.75) is 13.3 Å². The van der Waals surface area contributed by atoms with Crippen LogP contribution in [-0.4, -0.2) is 11.4 Å². The second kappa shape index (κ2) is 6.61. The van der Waals surface area contributed by atoms with Crippen molar-refractivity contribution in [3.05, 3.63) is 90.1 Å². The van der Waals surface area contributed by atoms with Crippen molar-refractivity contribution in [2.24, 2.45) is 11.7 Å². The number of rotatable bonds is 4. The van der Waals surface area contributed by atoms with Gasteiger partial charge in [-0.25, -0.2) is 0 Å². The molecule has 3 N–H and O–H groups in total. The molecule has 0 bridgehead atoms. The van der Waals surface area contributed by atoms with Crippen molar-refractivity contribution in [3.63, 3.8) is 0 Å². The Balaban J connectivity index is 2.03. The van der Waals surface area contributed by atoms with Gasteiger partial charge < -0.3 is 16.0 Å². The van der Waals surface area contributed by atoms with Crippen LogP contribution in [0.15, 0.2) is 84.5 Å². The molecule has 1 aliphatic carbocycles. The molecule has 3 heteroatoms. The monoisotopic (exact) mass is 305 g/mol. The standard InChI is InChI=1S/C20H23N3/c1-15-8-9-20(19(21)14-15)23(18-10-12-22-13-11-18)16(2)17-6-4-3-5-7-17/h3-12,15,22H,2,13-14,21H2,1H3. The van der Waals surface area contributed by atoms with E-state index in [-0.39, 0.29) is 0 Å². The number of dihydropyridines is 1. The molecule has 1 aromatic rings. The fraction of sp³-hybridized carbons (Fsp3) is 0.200. The zero-order chi connectivity index (χ0) is 16.2. The summed E-state index contributed by atoms with van der Waals surface area (Å²) in [7, 11) is 0. The Bertz CT molecular complexity index is 708. The van der Waals surface area contributed by atoms with E-state index >= 15 is 0 Å². The van der Waals surface area contributed by atoms with Gasteiger partial charge in [0.25, 0.3) is 0 Å². The molecule has 0 amide bonds. The molecule has 1 heterocycles. The summed E-state index contributed by atoms with van der Waals surface area (Å²) in [4.78, 5) is 2.16. The van der Waals surface area contributed by atoms with Crippen LogP contribution in [0, 0.1) is 5.92 Å². The largest absolute Gasteiger partial charge is 0.400 e. The Kier molecular flexibility index (Phi) is 4.38. The number of benzene rings is 1. The molecule has 0 aromatic heterocycles. The maximum Gasteiger partial charge on any atom is 0.0645 e. The Labute approximate surface area is 138 Å². The molecule has 3 rings (SSSR count). The van der Waals surface area contributed by atoms with Gasteiger partial charge in [-0.2, -0.15) is 0 Å². The van der Waals surface area contributed by atoms with E-state index in [4.69, 9.17) is 5.73 Å². The Morgan fingerprint density at radius 1 is 1.26 bits per heavy atom. The van der Waals surface area contributed by atoms with E-state index in [9.17, 15) is 0 Å². The summed E-state index contributed by atoms with van der Waals surface area (Å²) in [5, 5.41) is 3.19. The second-order valence-electron chi connectivity index (χ2n) is 5.97. The van der Waals surface area contributed by atoms with E-state index in [0.29, 0.717) is 5.92 Å². The second-order valence-corrected chi connectivity index (χ2v) is 5.97. The first-order valence-electron chi connectivity index (χ1n) is 7.98. The number of hydrogen-bond donors (Lipinski definition) is 2. The summed E-state index contributed by atoms with van der Waals surface area (Å²) >= 11 is 0. The van der Waals surface area contributed by atoms with E-state index < -0.39 is 0 Å². The van der Waals surface area contributed by atoms with Gasteiger partial charge in [-0.1, -0.05) is 49.9 Å². The molecule has 1 atom stereocenters. The van der Waals surface area contributed by atoms with Gasteiger partial charge in [0.1, 0.15) is 0 Å². The van der Waals surface area contributed by atoms with E-state index in [2.05, 4.69) is 60.2 Å². The summed E-state index contributed by atoms with van der Waals surface area (Å²) in [6.45, 7) is 7.32. The molecule has 0 spiro atoms. The highest BCUT2D eigenvalue weighted by Crippen LogP contribution is 2.32. The average Bonchev–Trinajstić information content (AvgIpc) is 2.59. The van der Waals surface area contributed by atoms with Crippen LogP contribution in [0.3, 0.4) is 0 Å². The predicted molar refractivity (Wildman–Crippen MR) is 96.7 cm³/mol. The first-order valence-corrected chi connectivity index (χ1v) is 7.98. The van der Waals surface area contributed by atoms with Crippen LogP contribution >= 0.6 is 0 Å². The Morgan fingerprint density at radius 2 is 2.04 bits per heavy atom. The van der Waals surface area contributed by atoms with E-state index in [1.165, 1.54) is 0 Å². The van der Waals surface area contributed by atoms with Crippen LogP contribution < -0.4 is 11.1 Å². The summed E-state index contributed by atoms with van der Waals surface area (Å²) < 4.78 is 0. The molecular weight excluding hydrogens is 282 g/mol. The average molecular weight is 305 g/mol. The van der Waals surface area contributed by atoms with Crippen LogP contribution in [0.1, 0.15) is 18.9 Å². The van der Waals surface area contributed by atoms with Crippen molar-refractivity contribution in [3.8, 4) is 0 Å². The molecule has 1 aromatic carbocycles. The van der Waals surface area contributed by atoms with Crippen LogP contribution in [0.4, 0.5) is 0 Å². The number of nitrogens with one attached hydrogen (secondary N) is 1. The zero-order valence-corrected chi connectivity index (χ0v) is 13.5. The Morgan fingerprint density at radius 3 is 2.70 bits per heavy atom. The van der Waals surface area contributed by atoms with Gasteiger partial charge in [0, 0.05) is 23.6 Å². The van der Waals surface area contributed by atoms with Gasteiger partial charge in [0.15, 0.2) is 0 Å². The normalized spacial score (nSPS) is 20.0. The van der Waals surface area contributed by atoms with Crippen LogP contribution in [-0.2, 0) is 0 Å². The SMILES string of the molecule is C=C(c1ccccc1)N(C1=CCNC=C1)C1=C(N)CC(C)C=C1. The quantitative estimate of drug-likeness (QED) is 0.890. The first kappa shape index (κ1) is 15.2. The molecule has 1 aliphatic heterocycles. The number of nitrogens with zero attached hydrogens (tertiary/aromatic N) is 1. The predicted octanol–water partition coefficient (Wildman–Crippen LogP) is 3.73. The maximum atomic E-state index is 6.37. The third-order valence-corrected chi connectivity index (χ3v) is 4.13. The summed E-state index contributed by atoms with van der Waals surface area (Å²) in [5.41, 5.74) is 11.4. The molecule has 118 valence electrons. The zero-order valence-electron chi connectivity index (χ0n) is 13.5. The highest BCUT2D eigenvalue weighted by atomic mass is 15.2. The summed E-state index contributed by atoms with van der Waals surface area (Å²) in [6, 6.07) is 10.2. The van der Waals surface area contributed by atoms with Crippen LogP contribution in [0.25, 0.3) is 5.70 Å². The molecule has 0 fully saturated rings. The highest BCUT2D eigenvalue weighted by molar-refractivity contribution is 5.67. The highest BCUT2D eigenvalue weighted by Gasteiger charge is 2.22. The number of nitrogens with two attached hydrogens (primary N) is 1. The minimum atomic E-state index is 0.475. The maximum absolute atomic E-state index is 6.37. The van der Waals surface area contributed by atoms with Crippen molar-refractivity contribution in [1.29, 1.82) is 0 Å². The van der Waals surface area contributed by atoms with E-state index in [1.54, 1.807) is 0 Å². The molecule has 0 saturated heterocycles. The van der Waals surface area contributed by atoms with Gasteiger partial charge in [-0.3, -0.25) is 0 Å². The lowest BCUT2D eigenvalue weighted by Crippen LogP contribution is -2.27. The topological polar surface area (TPSA) is 41.3 Å². The molecule has 0 saturated carbocycles. The van der Waals surface area contributed by atoms with E-state index in [1.807, 2.05) is 24.4 Å². The van der Waals surface area contributed by atoms with Crippen LogP contribution in [0.2, 0.25) is 0 Å². The Hall–Kier alpha value is -2.68.